The third-order valence-electron chi connectivity index (χ3n) is 2.57. The van der Waals surface area contributed by atoms with Crippen LogP contribution in [0.3, 0.4) is 0 Å². The SMILES string of the molecule is Cc1nc(N2CCC(F)C2)cc(C(F)(F)F)n1. The topological polar surface area (TPSA) is 29.0 Å². The number of hydrogen-bond acceptors (Lipinski definition) is 3. The van der Waals surface area contributed by atoms with Crippen molar-refractivity contribution in [2.45, 2.75) is 25.7 Å². The molecule has 17 heavy (non-hydrogen) atoms. The van der Waals surface area contributed by atoms with Crippen molar-refractivity contribution in [2.75, 3.05) is 18.0 Å². The summed E-state index contributed by atoms with van der Waals surface area (Å²) in [4.78, 5) is 8.76. The third kappa shape index (κ3) is 2.65. The lowest BCUT2D eigenvalue weighted by Gasteiger charge is -2.18. The molecule has 1 aliphatic rings. The summed E-state index contributed by atoms with van der Waals surface area (Å²) in [5.41, 5.74) is -0.984. The van der Waals surface area contributed by atoms with Gasteiger partial charge in [-0.25, -0.2) is 14.4 Å². The molecular weight excluding hydrogens is 238 g/mol. The fourth-order valence-corrected chi connectivity index (χ4v) is 1.78. The molecule has 1 aromatic heterocycles. The van der Waals surface area contributed by atoms with Gasteiger partial charge in [-0.05, 0) is 13.3 Å². The van der Waals surface area contributed by atoms with Crippen molar-refractivity contribution in [3.05, 3.63) is 17.6 Å². The summed E-state index contributed by atoms with van der Waals surface area (Å²) in [6.45, 7) is 1.87. The molecule has 1 fully saturated rings. The van der Waals surface area contributed by atoms with Gasteiger partial charge in [0.25, 0.3) is 0 Å². The summed E-state index contributed by atoms with van der Waals surface area (Å²) >= 11 is 0. The van der Waals surface area contributed by atoms with Gasteiger partial charge in [0.1, 0.15) is 23.5 Å². The van der Waals surface area contributed by atoms with Gasteiger partial charge in [0.2, 0.25) is 0 Å². The molecule has 0 N–H and O–H groups in total. The predicted octanol–water partition coefficient (Wildman–Crippen LogP) is 2.35. The Morgan fingerprint density at radius 1 is 1.35 bits per heavy atom. The molecule has 2 rings (SSSR count). The maximum absolute atomic E-state index is 13.0. The normalized spacial score (nSPS) is 21.0. The van der Waals surface area contributed by atoms with Gasteiger partial charge in [-0.15, -0.1) is 0 Å². The predicted molar refractivity (Wildman–Crippen MR) is 53.5 cm³/mol. The van der Waals surface area contributed by atoms with E-state index >= 15 is 0 Å². The Hall–Kier alpha value is -1.40. The van der Waals surface area contributed by atoms with Crippen LogP contribution in [-0.4, -0.2) is 29.2 Å². The van der Waals surface area contributed by atoms with Crippen LogP contribution in [0.5, 0.6) is 0 Å². The Morgan fingerprint density at radius 2 is 2.06 bits per heavy atom. The largest absolute Gasteiger partial charge is 0.433 e. The van der Waals surface area contributed by atoms with Crippen molar-refractivity contribution >= 4 is 5.82 Å². The summed E-state index contributed by atoms with van der Waals surface area (Å²) in [6.07, 6.45) is -5.18. The number of halogens is 4. The molecule has 0 radical (unpaired) electrons. The summed E-state index contributed by atoms with van der Waals surface area (Å²) in [7, 11) is 0. The average molecular weight is 249 g/mol. The highest BCUT2D eigenvalue weighted by Crippen LogP contribution is 2.30. The van der Waals surface area contributed by atoms with Gasteiger partial charge in [0, 0.05) is 12.6 Å². The molecule has 94 valence electrons. The highest BCUT2D eigenvalue weighted by molar-refractivity contribution is 5.41. The van der Waals surface area contributed by atoms with Gasteiger partial charge in [-0.1, -0.05) is 0 Å². The highest BCUT2D eigenvalue weighted by Gasteiger charge is 2.34. The fraction of sp³-hybridized carbons (Fsp3) is 0.600. The zero-order valence-corrected chi connectivity index (χ0v) is 9.13. The lowest BCUT2D eigenvalue weighted by atomic mass is 10.3. The van der Waals surface area contributed by atoms with Crippen LogP contribution in [0.2, 0.25) is 0 Å². The summed E-state index contributed by atoms with van der Waals surface area (Å²) in [5.74, 6) is 0.183. The zero-order chi connectivity index (χ0) is 12.6. The van der Waals surface area contributed by atoms with E-state index in [1.165, 1.54) is 11.8 Å². The first-order chi connectivity index (χ1) is 7.86. The summed E-state index contributed by atoms with van der Waals surface area (Å²) in [6, 6.07) is 0.866. The number of rotatable bonds is 1. The molecule has 7 heteroatoms. The van der Waals surface area contributed by atoms with Gasteiger partial charge in [0.05, 0.1) is 6.54 Å². The molecule has 3 nitrogen and oxygen atoms in total. The quantitative estimate of drug-likeness (QED) is 0.715. The van der Waals surface area contributed by atoms with E-state index in [-0.39, 0.29) is 18.2 Å². The van der Waals surface area contributed by atoms with Gasteiger partial charge in [0.15, 0.2) is 0 Å². The summed E-state index contributed by atoms with van der Waals surface area (Å²) in [5, 5.41) is 0. The zero-order valence-electron chi connectivity index (χ0n) is 9.13. The molecule has 0 aromatic carbocycles. The van der Waals surface area contributed by atoms with Gasteiger partial charge < -0.3 is 4.90 Å². The smallest absolute Gasteiger partial charge is 0.353 e. The summed E-state index contributed by atoms with van der Waals surface area (Å²) < 4.78 is 50.6. The first-order valence-corrected chi connectivity index (χ1v) is 5.18. The van der Waals surface area contributed by atoms with Gasteiger partial charge in [-0.2, -0.15) is 13.2 Å². The molecule has 0 aliphatic carbocycles. The standard InChI is InChI=1S/C10H11F4N3/c1-6-15-8(10(12,13)14)4-9(16-6)17-3-2-7(11)5-17/h4,7H,2-3,5H2,1H3. The second-order valence-corrected chi connectivity index (χ2v) is 3.99. The van der Waals surface area contributed by atoms with E-state index in [2.05, 4.69) is 9.97 Å². The lowest BCUT2D eigenvalue weighted by Crippen LogP contribution is -2.23. The van der Waals surface area contributed by atoms with Crippen LogP contribution in [0, 0.1) is 6.92 Å². The average Bonchev–Trinajstić information content (AvgIpc) is 2.62. The van der Waals surface area contributed by atoms with Crippen LogP contribution >= 0.6 is 0 Å². The molecule has 1 atom stereocenters. The van der Waals surface area contributed by atoms with Crippen molar-refractivity contribution in [2.24, 2.45) is 0 Å². The Balaban J connectivity index is 2.32. The maximum Gasteiger partial charge on any atom is 0.433 e. The minimum atomic E-state index is -4.50. The molecule has 0 saturated carbocycles. The van der Waals surface area contributed by atoms with Gasteiger partial charge >= 0.3 is 6.18 Å². The second kappa shape index (κ2) is 4.12. The molecular formula is C10H11F4N3. The van der Waals surface area contributed by atoms with Crippen molar-refractivity contribution in [3.63, 3.8) is 0 Å². The first kappa shape index (κ1) is 12.1. The van der Waals surface area contributed by atoms with Crippen LogP contribution in [0.4, 0.5) is 23.4 Å². The first-order valence-electron chi connectivity index (χ1n) is 5.18. The molecule has 1 saturated heterocycles. The van der Waals surface area contributed by atoms with Gasteiger partial charge in [-0.3, -0.25) is 0 Å². The molecule has 1 aromatic rings. The van der Waals surface area contributed by atoms with E-state index in [9.17, 15) is 17.6 Å². The Morgan fingerprint density at radius 3 is 2.59 bits per heavy atom. The second-order valence-electron chi connectivity index (χ2n) is 3.99. The Bertz CT molecular complexity index is 419. The Kier molecular flexibility index (Phi) is 2.92. The lowest BCUT2D eigenvalue weighted by molar-refractivity contribution is -0.141. The van der Waals surface area contributed by atoms with E-state index in [1.807, 2.05) is 0 Å². The van der Waals surface area contributed by atoms with E-state index in [0.717, 1.165) is 6.07 Å². The van der Waals surface area contributed by atoms with Crippen molar-refractivity contribution in [1.29, 1.82) is 0 Å². The monoisotopic (exact) mass is 249 g/mol. The molecule has 0 spiro atoms. The number of anilines is 1. The Labute approximate surface area is 95.5 Å². The number of aromatic nitrogens is 2. The maximum atomic E-state index is 13.0. The van der Waals surface area contributed by atoms with Crippen molar-refractivity contribution < 1.29 is 17.6 Å². The number of hydrogen-bond donors (Lipinski definition) is 0. The molecule has 1 aliphatic heterocycles. The van der Waals surface area contributed by atoms with E-state index in [4.69, 9.17) is 0 Å². The van der Waals surface area contributed by atoms with Crippen molar-refractivity contribution in [3.8, 4) is 0 Å². The minimum absolute atomic E-state index is 0.0390. The number of nitrogens with zero attached hydrogens (tertiary/aromatic N) is 3. The van der Waals surface area contributed by atoms with Crippen LogP contribution < -0.4 is 4.90 Å². The van der Waals surface area contributed by atoms with Crippen molar-refractivity contribution in [1.82, 2.24) is 9.97 Å². The van der Waals surface area contributed by atoms with E-state index in [0.29, 0.717) is 13.0 Å². The molecule has 0 amide bonds. The minimum Gasteiger partial charge on any atom is -0.353 e. The van der Waals surface area contributed by atoms with E-state index < -0.39 is 18.0 Å². The van der Waals surface area contributed by atoms with E-state index in [1.54, 1.807) is 0 Å². The number of aryl methyl sites for hydroxylation is 1. The van der Waals surface area contributed by atoms with Crippen LogP contribution in [0.1, 0.15) is 17.9 Å². The molecule has 2 heterocycles. The van der Waals surface area contributed by atoms with Crippen LogP contribution in [-0.2, 0) is 6.18 Å². The van der Waals surface area contributed by atoms with Crippen LogP contribution in [0.25, 0.3) is 0 Å². The third-order valence-corrected chi connectivity index (χ3v) is 2.57. The highest BCUT2D eigenvalue weighted by atomic mass is 19.4. The molecule has 1 unspecified atom stereocenters. The molecule has 0 bridgehead atoms. The fourth-order valence-electron chi connectivity index (χ4n) is 1.78. The number of alkyl halides is 4. The van der Waals surface area contributed by atoms with Crippen LogP contribution in [0.15, 0.2) is 6.07 Å².